The largest absolute Gasteiger partial charge is 0.493 e. The van der Waals surface area contributed by atoms with E-state index in [1.54, 1.807) is 13.3 Å². The first-order valence-corrected chi connectivity index (χ1v) is 5.10. The lowest BCUT2D eigenvalue weighted by molar-refractivity contribution is 0.378. The summed E-state index contributed by atoms with van der Waals surface area (Å²) in [6, 6.07) is 1.04. The number of ether oxygens (including phenoxy) is 1. The van der Waals surface area contributed by atoms with Crippen LogP contribution in [0.4, 0.5) is 0 Å². The summed E-state index contributed by atoms with van der Waals surface area (Å²) in [4.78, 5) is 0. The maximum Gasteiger partial charge on any atom is 0.156 e. The highest BCUT2D eigenvalue weighted by Crippen LogP contribution is 2.30. The maximum absolute atomic E-state index is 5.12. The van der Waals surface area contributed by atoms with E-state index in [9.17, 15) is 0 Å². The Bertz CT molecular complexity index is 297. The quantitative estimate of drug-likeness (QED) is 0.787. The zero-order valence-corrected chi connectivity index (χ0v) is 8.73. The predicted octanol–water partition coefficient (Wildman–Crippen LogP) is 1.20. The summed E-state index contributed by atoms with van der Waals surface area (Å²) >= 11 is 0. The van der Waals surface area contributed by atoms with Gasteiger partial charge in [-0.1, -0.05) is 0 Å². The van der Waals surface area contributed by atoms with Crippen LogP contribution < -0.4 is 10.1 Å². The van der Waals surface area contributed by atoms with E-state index in [1.165, 1.54) is 19.3 Å². The molecule has 1 fully saturated rings. The highest BCUT2D eigenvalue weighted by atomic mass is 16.5. The molecule has 2 atom stereocenters. The highest BCUT2D eigenvalue weighted by molar-refractivity contribution is 5.12. The van der Waals surface area contributed by atoms with Crippen molar-refractivity contribution >= 4 is 0 Å². The van der Waals surface area contributed by atoms with Gasteiger partial charge in [-0.05, 0) is 26.3 Å². The van der Waals surface area contributed by atoms with Crippen molar-refractivity contribution in [1.82, 2.24) is 15.1 Å². The normalized spacial score (nSPS) is 26.7. The molecule has 14 heavy (non-hydrogen) atoms. The minimum absolute atomic E-state index is 0.490. The molecule has 1 aromatic heterocycles. The summed E-state index contributed by atoms with van der Waals surface area (Å²) < 4.78 is 7.14. The number of nitrogens with one attached hydrogen (secondary N) is 1. The Morgan fingerprint density at radius 1 is 1.57 bits per heavy atom. The Kier molecular flexibility index (Phi) is 2.72. The Hall–Kier alpha value is -1.03. The van der Waals surface area contributed by atoms with E-state index >= 15 is 0 Å². The summed E-state index contributed by atoms with van der Waals surface area (Å²) in [6.07, 6.45) is 7.46. The van der Waals surface area contributed by atoms with Crippen LogP contribution >= 0.6 is 0 Å². The van der Waals surface area contributed by atoms with E-state index < -0.39 is 0 Å². The van der Waals surface area contributed by atoms with Crippen molar-refractivity contribution in [3.8, 4) is 5.75 Å². The standard InChI is InChI=1S/C10H17N3O/c1-11-9-4-3-5-10(9)13-7-8(14-2)6-12-13/h6-7,9-11H,3-5H2,1-2H3. The first kappa shape index (κ1) is 9.52. The molecule has 1 aliphatic rings. The van der Waals surface area contributed by atoms with Crippen molar-refractivity contribution in [3.05, 3.63) is 12.4 Å². The van der Waals surface area contributed by atoms with E-state index in [0.29, 0.717) is 12.1 Å². The number of aromatic nitrogens is 2. The Morgan fingerprint density at radius 2 is 2.43 bits per heavy atom. The van der Waals surface area contributed by atoms with E-state index in [2.05, 4.69) is 10.4 Å². The Labute approximate surface area is 84.3 Å². The highest BCUT2D eigenvalue weighted by Gasteiger charge is 2.27. The molecule has 0 aliphatic heterocycles. The molecule has 1 aliphatic carbocycles. The van der Waals surface area contributed by atoms with Gasteiger partial charge in [0.15, 0.2) is 5.75 Å². The van der Waals surface area contributed by atoms with Gasteiger partial charge >= 0.3 is 0 Å². The second-order valence-corrected chi connectivity index (χ2v) is 3.75. The van der Waals surface area contributed by atoms with Gasteiger partial charge in [-0.2, -0.15) is 5.10 Å². The second kappa shape index (κ2) is 4.00. The van der Waals surface area contributed by atoms with Crippen molar-refractivity contribution < 1.29 is 4.74 Å². The fourth-order valence-corrected chi connectivity index (χ4v) is 2.20. The van der Waals surface area contributed by atoms with Gasteiger partial charge in [0.05, 0.1) is 25.5 Å². The SMILES string of the molecule is CNC1CCCC1n1cc(OC)cn1. The Balaban J connectivity index is 2.13. The molecule has 1 heterocycles. The smallest absolute Gasteiger partial charge is 0.156 e. The molecule has 1 saturated carbocycles. The fraction of sp³-hybridized carbons (Fsp3) is 0.700. The molecule has 0 radical (unpaired) electrons. The summed E-state index contributed by atoms with van der Waals surface area (Å²) in [5.41, 5.74) is 0. The molecule has 0 spiro atoms. The number of nitrogens with zero attached hydrogens (tertiary/aromatic N) is 2. The molecule has 0 amide bonds. The number of rotatable bonds is 3. The van der Waals surface area contributed by atoms with Gasteiger partial charge in [0.25, 0.3) is 0 Å². The molecule has 0 bridgehead atoms. The molecular weight excluding hydrogens is 178 g/mol. The molecule has 0 saturated heterocycles. The number of hydrogen-bond acceptors (Lipinski definition) is 3. The van der Waals surface area contributed by atoms with Crippen LogP contribution in [0, 0.1) is 0 Å². The molecule has 0 aromatic carbocycles. The van der Waals surface area contributed by atoms with Gasteiger partial charge < -0.3 is 10.1 Å². The molecule has 2 unspecified atom stereocenters. The van der Waals surface area contributed by atoms with Gasteiger partial charge in [-0.15, -0.1) is 0 Å². The van der Waals surface area contributed by atoms with E-state index in [0.717, 1.165) is 5.75 Å². The first-order chi connectivity index (χ1) is 6.85. The third-order valence-corrected chi connectivity index (χ3v) is 3.00. The van der Waals surface area contributed by atoms with E-state index in [4.69, 9.17) is 4.74 Å². The molecular formula is C10H17N3O. The minimum atomic E-state index is 0.490. The third-order valence-electron chi connectivity index (χ3n) is 3.00. The maximum atomic E-state index is 5.12. The van der Waals surface area contributed by atoms with Crippen LogP contribution in [0.5, 0.6) is 5.75 Å². The predicted molar refractivity (Wildman–Crippen MR) is 54.5 cm³/mol. The van der Waals surface area contributed by atoms with Crippen LogP contribution in [0.2, 0.25) is 0 Å². The minimum Gasteiger partial charge on any atom is -0.493 e. The van der Waals surface area contributed by atoms with E-state index in [1.807, 2.05) is 17.9 Å². The molecule has 1 N–H and O–H groups in total. The molecule has 4 heteroatoms. The van der Waals surface area contributed by atoms with Crippen LogP contribution in [0.15, 0.2) is 12.4 Å². The lowest BCUT2D eigenvalue weighted by atomic mass is 10.2. The number of methoxy groups -OCH3 is 1. The topological polar surface area (TPSA) is 39.1 Å². The number of likely N-dealkylation sites (N-methyl/N-ethyl adjacent to an activating group) is 1. The first-order valence-electron chi connectivity index (χ1n) is 5.10. The third kappa shape index (κ3) is 1.62. The zero-order valence-electron chi connectivity index (χ0n) is 8.73. The van der Waals surface area contributed by atoms with Crippen molar-refractivity contribution in [2.24, 2.45) is 0 Å². The van der Waals surface area contributed by atoms with Crippen LogP contribution in [-0.2, 0) is 0 Å². The van der Waals surface area contributed by atoms with Gasteiger partial charge in [0, 0.05) is 6.04 Å². The Morgan fingerprint density at radius 3 is 3.07 bits per heavy atom. The van der Waals surface area contributed by atoms with Gasteiger partial charge in [-0.25, -0.2) is 0 Å². The van der Waals surface area contributed by atoms with Crippen molar-refractivity contribution in [1.29, 1.82) is 0 Å². The fourth-order valence-electron chi connectivity index (χ4n) is 2.20. The average Bonchev–Trinajstić information content (AvgIpc) is 2.85. The van der Waals surface area contributed by atoms with E-state index in [-0.39, 0.29) is 0 Å². The van der Waals surface area contributed by atoms with Crippen LogP contribution in [0.3, 0.4) is 0 Å². The van der Waals surface area contributed by atoms with Gasteiger partial charge in [0.1, 0.15) is 0 Å². The van der Waals surface area contributed by atoms with Crippen LogP contribution in [-0.4, -0.2) is 30.0 Å². The molecule has 4 nitrogen and oxygen atoms in total. The summed E-state index contributed by atoms with van der Waals surface area (Å²) in [5, 5.41) is 7.66. The molecule has 1 aromatic rings. The summed E-state index contributed by atoms with van der Waals surface area (Å²) in [7, 11) is 3.69. The summed E-state index contributed by atoms with van der Waals surface area (Å²) in [5.74, 6) is 0.840. The average molecular weight is 195 g/mol. The van der Waals surface area contributed by atoms with Gasteiger partial charge in [0.2, 0.25) is 0 Å². The lowest BCUT2D eigenvalue weighted by Gasteiger charge is -2.18. The van der Waals surface area contributed by atoms with Crippen molar-refractivity contribution in [3.63, 3.8) is 0 Å². The van der Waals surface area contributed by atoms with Crippen LogP contribution in [0.25, 0.3) is 0 Å². The molecule has 78 valence electrons. The summed E-state index contributed by atoms with van der Waals surface area (Å²) in [6.45, 7) is 0. The number of hydrogen-bond donors (Lipinski definition) is 1. The molecule has 2 rings (SSSR count). The van der Waals surface area contributed by atoms with Crippen molar-refractivity contribution in [2.75, 3.05) is 14.2 Å². The van der Waals surface area contributed by atoms with Crippen LogP contribution in [0.1, 0.15) is 25.3 Å². The lowest BCUT2D eigenvalue weighted by Crippen LogP contribution is -2.31. The van der Waals surface area contributed by atoms with Gasteiger partial charge in [-0.3, -0.25) is 4.68 Å². The zero-order chi connectivity index (χ0) is 9.97. The van der Waals surface area contributed by atoms with Crippen molar-refractivity contribution in [2.45, 2.75) is 31.3 Å². The second-order valence-electron chi connectivity index (χ2n) is 3.75. The monoisotopic (exact) mass is 195 g/mol.